The van der Waals surface area contributed by atoms with Crippen molar-refractivity contribution >= 4 is 39.4 Å². The average Bonchev–Trinajstić information content (AvgIpc) is 3.22. The van der Waals surface area contributed by atoms with Crippen LogP contribution >= 0.6 is 15.9 Å². The molecular weight excluding hydrogens is 426 g/mol. The van der Waals surface area contributed by atoms with Crippen molar-refractivity contribution in [2.75, 3.05) is 18.2 Å². The molecule has 2 aromatic carbocycles. The summed E-state index contributed by atoms with van der Waals surface area (Å²) in [7, 11) is 0. The van der Waals surface area contributed by atoms with Crippen molar-refractivity contribution < 1.29 is 24.2 Å². The Morgan fingerprint density at radius 3 is 2.82 bits per heavy atom. The van der Waals surface area contributed by atoms with Gasteiger partial charge in [-0.15, -0.1) is 0 Å². The second kappa shape index (κ2) is 7.07. The first kappa shape index (κ1) is 18.7. The van der Waals surface area contributed by atoms with Crippen molar-refractivity contribution in [2.45, 2.75) is 18.9 Å². The van der Waals surface area contributed by atoms with E-state index in [1.807, 2.05) is 13.0 Å². The number of likely N-dealkylation sites (N-methyl/N-ethyl adjacent to an activating group) is 1. The zero-order valence-corrected chi connectivity index (χ0v) is 16.7. The molecule has 2 aliphatic heterocycles. The minimum Gasteiger partial charge on any atom is -0.454 e. The Kier molecular flexibility index (Phi) is 4.72. The molecule has 2 aliphatic rings. The molecule has 0 aromatic heterocycles. The van der Waals surface area contributed by atoms with Gasteiger partial charge in [-0.1, -0.05) is 28.1 Å². The fourth-order valence-electron chi connectivity index (χ4n) is 3.52. The SMILES string of the molecule is CCN1C(=O)[C@](O)(CC(=O)/C=C\c2ccc3c(c2)OCO3)c2cc(Br)ccc21. The molecule has 0 radical (unpaired) electrons. The molecule has 0 saturated heterocycles. The number of carbonyl (C=O) groups excluding carboxylic acids is 2. The summed E-state index contributed by atoms with van der Waals surface area (Å²) in [6.07, 6.45) is 2.67. The topological polar surface area (TPSA) is 76.1 Å². The zero-order valence-electron chi connectivity index (χ0n) is 15.1. The van der Waals surface area contributed by atoms with Crippen LogP contribution in [0.1, 0.15) is 24.5 Å². The normalized spacial score (nSPS) is 20.1. The highest BCUT2D eigenvalue weighted by molar-refractivity contribution is 9.10. The number of ether oxygens (including phenoxy) is 2. The van der Waals surface area contributed by atoms with Crippen LogP contribution in [0.15, 0.2) is 46.9 Å². The van der Waals surface area contributed by atoms with Gasteiger partial charge >= 0.3 is 0 Å². The standard InChI is InChI=1S/C21H18BrNO5/c1-2-23-17-7-5-14(22)10-16(17)21(26,20(23)25)11-15(24)6-3-13-4-8-18-19(9-13)28-12-27-18/h3-10,26H,2,11-12H2,1H3/b6-3-/t21-/m0/s1. The minimum atomic E-state index is -1.87. The van der Waals surface area contributed by atoms with Crippen LogP contribution < -0.4 is 14.4 Å². The number of benzene rings is 2. The van der Waals surface area contributed by atoms with Crippen molar-refractivity contribution in [1.82, 2.24) is 0 Å². The second-order valence-electron chi connectivity index (χ2n) is 6.66. The maximum atomic E-state index is 12.8. The van der Waals surface area contributed by atoms with Gasteiger partial charge in [0.05, 0.1) is 12.1 Å². The van der Waals surface area contributed by atoms with Gasteiger partial charge in [0.2, 0.25) is 6.79 Å². The summed E-state index contributed by atoms with van der Waals surface area (Å²) >= 11 is 3.37. The molecule has 2 heterocycles. The molecule has 4 rings (SSSR count). The summed E-state index contributed by atoms with van der Waals surface area (Å²) in [5.41, 5.74) is -0.0317. The molecule has 2 aromatic rings. The lowest BCUT2D eigenvalue weighted by molar-refractivity contribution is -0.140. The third-order valence-corrected chi connectivity index (χ3v) is 5.39. The largest absolute Gasteiger partial charge is 0.454 e. The number of hydrogen-bond donors (Lipinski definition) is 1. The van der Waals surface area contributed by atoms with Crippen LogP contribution in [0, 0.1) is 0 Å². The monoisotopic (exact) mass is 443 g/mol. The van der Waals surface area contributed by atoms with Gasteiger partial charge in [0.25, 0.3) is 5.91 Å². The van der Waals surface area contributed by atoms with E-state index < -0.39 is 11.5 Å². The maximum absolute atomic E-state index is 12.8. The van der Waals surface area contributed by atoms with Gasteiger partial charge in [0.1, 0.15) is 0 Å². The van der Waals surface area contributed by atoms with Crippen LogP contribution in [-0.2, 0) is 15.2 Å². The number of carbonyl (C=O) groups is 2. The molecule has 7 heteroatoms. The number of amides is 1. The third-order valence-electron chi connectivity index (χ3n) is 4.90. The van der Waals surface area contributed by atoms with E-state index >= 15 is 0 Å². The molecule has 0 unspecified atom stereocenters. The number of hydrogen-bond acceptors (Lipinski definition) is 5. The van der Waals surface area contributed by atoms with E-state index in [4.69, 9.17) is 9.47 Å². The lowest BCUT2D eigenvalue weighted by Crippen LogP contribution is -2.41. The predicted molar refractivity (Wildman–Crippen MR) is 107 cm³/mol. The fraction of sp³-hybridized carbons (Fsp3) is 0.238. The van der Waals surface area contributed by atoms with E-state index in [0.717, 1.165) is 10.0 Å². The average molecular weight is 444 g/mol. The summed E-state index contributed by atoms with van der Waals surface area (Å²) in [5, 5.41) is 11.1. The van der Waals surface area contributed by atoms with E-state index in [1.165, 1.54) is 11.0 Å². The summed E-state index contributed by atoms with van der Waals surface area (Å²) in [6.45, 7) is 2.42. The molecular formula is C21H18BrNO5. The van der Waals surface area contributed by atoms with E-state index in [2.05, 4.69) is 15.9 Å². The molecule has 0 fully saturated rings. The van der Waals surface area contributed by atoms with Crippen molar-refractivity contribution in [3.05, 3.63) is 58.1 Å². The molecule has 1 amide bonds. The van der Waals surface area contributed by atoms with Crippen LogP contribution in [0.5, 0.6) is 11.5 Å². The molecule has 1 atom stereocenters. The quantitative estimate of drug-likeness (QED) is 0.716. The van der Waals surface area contributed by atoms with Gasteiger partial charge in [-0.25, -0.2) is 0 Å². The first-order chi connectivity index (χ1) is 13.4. The van der Waals surface area contributed by atoms with Crippen LogP contribution in [0.3, 0.4) is 0 Å². The van der Waals surface area contributed by atoms with Crippen molar-refractivity contribution in [2.24, 2.45) is 0 Å². The number of aliphatic hydroxyl groups is 1. The Morgan fingerprint density at radius 2 is 2.04 bits per heavy atom. The summed E-state index contributed by atoms with van der Waals surface area (Å²) in [5.74, 6) is 0.457. The molecule has 28 heavy (non-hydrogen) atoms. The molecule has 144 valence electrons. The number of nitrogens with zero attached hydrogens (tertiary/aromatic N) is 1. The van der Waals surface area contributed by atoms with E-state index in [0.29, 0.717) is 29.3 Å². The van der Waals surface area contributed by atoms with Crippen LogP contribution in [-0.4, -0.2) is 30.1 Å². The van der Waals surface area contributed by atoms with Gasteiger partial charge in [-0.2, -0.15) is 0 Å². The highest BCUT2D eigenvalue weighted by Gasteiger charge is 2.50. The van der Waals surface area contributed by atoms with Crippen molar-refractivity contribution in [3.63, 3.8) is 0 Å². The lowest BCUT2D eigenvalue weighted by atomic mass is 9.89. The van der Waals surface area contributed by atoms with E-state index in [-0.39, 0.29) is 19.0 Å². The number of rotatable bonds is 5. The first-order valence-corrected chi connectivity index (χ1v) is 9.66. The summed E-state index contributed by atoms with van der Waals surface area (Å²) < 4.78 is 11.3. The molecule has 1 N–H and O–H groups in total. The van der Waals surface area contributed by atoms with Gasteiger partial charge in [0.15, 0.2) is 22.9 Å². The Hall–Kier alpha value is -2.64. The highest BCUT2D eigenvalue weighted by atomic mass is 79.9. The minimum absolute atomic E-state index is 0.180. The Labute approximate surface area is 170 Å². The Bertz CT molecular complexity index is 1000. The smallest absolute Gasteiger partial charge is 0.264 e. The van der Waals surface area contributed by atoms with Gasteiger partial charge in [-0.3, -0.25) is 9.59 Å². The molecule has 0 aliphatic carbocycles. The second-order valence-corrected chi connectivity index (χ2v) is 7.58. The van der Waals surface area contributed by atoms with Crippen molar-refractivity contribution in [1.29, 1.82) is 0 Å². The van der Waals surface area contributed by atoms with E-state index in [1.54, 1.807) is 36.4 Å². The van der Waals surface area contributed by atoms with Crippen LogP contribution in [0.2, 0.25) is 0 Å². The molecule has 0 bridgehead atoms. The van der Waals surface area contributed by atoms with Crippen LogP contribution in [0.4, 0.5) is 5.69 Å². The predicted octanol–water partition coefficient (Wildman–Crippen LogP) is 3.40. The summed E-state index contributed by atoms with van der Waals surface area (Å²) in [6, 6.07) is 10.6. The van der Waals surface area contributed by atoms with Crippen LogP contribution in [0.25, 0.3) is 6.08 Å². The van der Waals surface area contributed by atoms with E-state index in [9.17, 15) is 14.7 Å². The number of anilines is 1. The fourth-order valence-corrected chi connectivity index (χ4v) is 3.89. The molecule has 6 nitrogen and oxygen atoms in total. The van der Waals surface area contributed by atoms with Crippen molar-refractivity contribution in [3.8, 4) is 11.5 Å². The third kappa shape index (κ3) is 3.10. The number of halogens is 1. The van der Waals surface area contributed by atoms with Gasteiger partial charge in [-0.05, 0) is 48.9 Å². The number of fused-ring (bicyclic) bond motifs is 2. The number of ketones is 1. The summed E-state index contributed by atoms with van der Waals surface area (Å²) in [4.78, 5) is 26.9. The molecule has 0 saturated carbocycles. The lowest BCUT2D eigenvalue weighted by Gasteiger charge is -2.21. The Morgan fingerprint density at radius 1 is 1.25 bits per heavy atom. The zero-order chi connectivity index (χ0) is 19.9. The van der Waals surface area contributed by atoms with Gasteiger partial charge in [0, 0.05) is 16.6 Å². The highest BCUT2D eigenvalue weighted by Crippen LogP contribution is 2.43. The maximum Gasteiger partial charge on any atom is 0.264 e. The first-order valence-electron chi connectivity index (χ1n) is 8.87. The Balaban J connectivity index is 1.57. The van der Waals surface area contributed by atoms with Gasteiger partial charge < -0.3 is 19.5 Å². The number of allylic oxidation sites excluding steroid dienone is 1. The molecule has 0 spiro atoms.